The molecular weight excluding hydrogens is 620 g/mol. The monoisotopic (exact) mass is 678 g/mol. The van der Waals surface area contributed by atoms with Crippen LogP contribution in [-0.4, -0.2) is 118 Å². The Bertz CT molecular complexity index is 777. The molecule has 0 aromatic heterocycles. The van der Waals surface area contributed by atoms with Gasteiger partial charge in [-0.1, -0.05) is 55.4 Å². The van der Waals surface area contributed by atoms with Crippen molar-refractivity contribution in [3.63, 3.8) is 0 Å². The van der Waals surface area contributed by atoms with Gasteiger partial charge in [0.2, 0.25) is 5.91 Å². The van der Waals surface area contributed by atoms with Crippen molar-refractivity contribution in [1.82, 2.24) is 6.10 Å². The Labute approximate surface area is 276 Å². The summed E-state index contributed by atoms with van der Waals surface area (Å²) in [6, 6.07) is 4.87. The van der Waals surface area contributed by atoms with Gasteiger partial charge in [0.15, 0.2) is 0 Å². The van der Waals surface area contributed by atoms with Crippen molar-refractivity contribution in [3.05, 3.63) is 29.3 Å². The van der Waals surface area contributed by atoms with Crippen molar-refractivity contribution in [2.45, 2.75) is 101 Å². The number of aliphatic hydroxyl groups is 3. The van der Waals surface area contributed by atoms with Gasteiger partial charge in [0.1, 0.15) is 0 Å². The summed E-state index contributed by atoms with van der Waals surface area (Å²) in [4.78, 5) is 21.5. The molecule has 1 heterocycles. The van der Waals surface area contributed by atoms with E-state index >= 15 is 0 Å². The normalized spacial score (nSPS) is 15.8. The number of phenolic OH excluding ortho intramolecular Hbond substituents is 1. The van der Waals surface area contributed by atoms with Crippen molar-refractivity contribution in [3.8, 4) is 5.75 Å². The Morgan fingerprint density at radius 3 is 2.14 bits per heavy atom. The number of hydrogen-bond acceptors (Lipinski definition) is 9. The fourth-order valence-corrected chi connectivity index (χ4v) is 5.18. The van der Waals surface area contributed by atoms with Gasteiger partial charge in [0.25, 0.3) is 0 Å². The molecule has 11 nitrogen and oxygen atoms in total. The molecule has 1 amide bonds. The van der Waals surface area contributed by atoms with E-state index in [1.165, 1.54) is 6.07 Å². The molecule has 3 atom stereocenters. The molecule has 0 saturated carbocycles. The van der Waals surface area contributed by atoms with Crippen molar-refractivity contribution in [2.24, 2.45) is 11.8 Å². The van der Waals surface area contributed by atoms with E-state index in [0.717, 1.165) is 26.3 Å². The van der Waals surface area contributed by atoms with Gasteiger partial charge in [0, 0.05) is 18.9 Å². The Kier molecular flexibility index (Phi) is 34.1. The molecule has 0 spiro atoms. The third-order valence-corrected chi connectivity index (χ3v) is 8.71. The van der Waals surface area contributed by atoms with Crippen molar-refractivity contribution in [1.29, 1.82) is 0 Å². The predicted molar refractivity (Wildman–Crippen MR) is 167 cm³/mol. The minimum Gasteiger partial charge on any atom is -0.391 e. The first-order valence-corrected chi connectivity index (χ1v) is 19.4. The number of rotatable bonds is 12. The fraction of sp³-hybridized carbons (Fsp3) is 0.733. The molecule has 3 unspecified atom stereocenters. The Balaban J connectivity index is -0.000000547. The number of hydrogen-bond donors (Lipinski definition) is 7. The van der Waals surface area contributed by atoms with Gasteiger partial charge in [-0.15, -0.1) is 0 Å². The van der Waals surface area contributed by atoms with Crippen molar-refractivity contribution in [2.75, 3.05) is 26.4 Å². The van der Waals surface area contributed by atoms with Crippen LogP contribution in [0.3, 0.4) is 0 Å². The molecule has 1 fully saturated rings. The minimum atomic E-state index is -1.32. The van der Waals surface area contributed by atoms with Crippen LogP contribution in [0.4, 0.5) is 4.79 Å². The van der Waals surface area contributed by atoms with Crippen LogP contribution < -0.4 is 6.10 Å². The minimum absolute atomic E-state index is 0.0253. The molecule has 7 N–H and O–H groups in total. The number of phenols is 1. The second kappa shape index (κ2) is 31.5. The second-order valence-corrected chi connectivity index (χ2v) is 13.8. The number of carbonyl (C=O) groups is 2. The first kappa shape index (κ1) is 45.5. The molecule has 1 aromatic carbocycles. The zero-order valence-electron chi connectivity index (χ0n) is 27.2. The predicted octanol–water partition coefficient (Wildman–Crippen LogP) is 4.08. The van der Waals surface area contributed by atoms with Gasteiger partial charge in [-0.3, -0.25) is 4.79 Å². The topological polar surface area (TPSA) is 178 Å². The van der Waals surface area contributed by atoms with Crippen LogP contribution in [0.25, 0.3) is 0 Å². The van der Waals surface area contributed by atoms with Crippen LogP contribution in [0.15, 0.2) is 18.2 Å². The fourth-order valence-electron chi connectivity index (χ4n) is 3.08. The van der Waals surface area contributed by atoms with E-state index in [1.807, 2.05) is 41.5 Å². The molecule has 1 aliphatic heterocycles. The average Bonchev–Trinajstić information content (AvgIpc) is 2.97. The second-order valence-electron chi connectivity index (χ2n) is 9.64. The van der Waals surface area contributed by atoms with E-state index in [0.29, 0.717) is 37.7 Å². The van der Waals surface area contributed by atoms with E-state index in [-0.39, 0.29) is 30.8 Å². The number of ether oxygens (including phenoxy) is 2. The van der Waals surface area contributed by atoms with Crippen LogP contribution in [-0.2, 0) is 27.4 Å². The van der Waals surface area contributed by atoms with Gasteiger partial charge in [-0.05, 0) is 18.8 Å². The SMILES string of the molecule is CC.CC.CCC(C)C(=O)NCCC(C)C.O=C(O)OCc1ccc(O)c(C[NH][Sr][CH2]CO)c1.OC1COCC(O)C1. The maximum atomic E-state index is 11.2. The van der Waals surface area contributed by atoms with Gasteiger partial charge in [-0.25, -0.2) is 0 Å². The molecule has 0 aliphatic carbocycles. The summed E-state index contributed by atoms with van der Waals surface area (Å²) >= 11 is -1.12. The number of carboxylic acid groups (broad SMARTS) is 1. The van der Waals surface area contributed by atoms with E-state index in [2.05, 4.69) is 24.7 Å². The quantitative estimate of drug-likeness (QED) is 0.0969. The summed E-state index contributed by atoms with van der Waals surface area (Å²) < 4.78 is 13.4. The van der Waals surface area contributed by atoms with E-state index in [9.17, 15) is 14.7 Å². The number of amides is 1. The summed E-state index contributed by atoms with van der Waals surface area (Å²) in [6.45, 7) is 18.6. The summed E-state index contributed by atoms with van der Waals surface area (Å²) in [6.07, 6.45) is 0.217. The van der Waals surface area contributed by atoms with E-state index in [4.69, 9.17) is 25.2 Å². The third kappa shape index (κ3) is 27.8. The third-order valence-electron chi connectivity index (χ3n) is 5.58. The average molecular weight is 678 g/mol. The van der Waals surface area contributed by atoms with Gasteiger partial charge in [-0.2, -0.15) is 0 Å². The standard InChI is InChI=1S/C10H21NO.C9H10NO4.C5H10O3.C2H5O.2C2H6.Sr/c1-5-9(4)10(12)11-7-6-8(2)3;10-4-7-3-6(1-2-8(7)11)5-14-9(12)13;6-4-1-5(7)3-8-2-4;1-2-3;2*1-2;/h8-9H,5-7H2,1-4H3,(H,11,12);1-3,10-11H,4-5H2,(H,12,13);4-7H,1-3H2;3H,1-2H2;2*1-2H3;/q;-1;;;;;+1. The smallest absolute Gasteiger partial charge is 0.0799 e. The van der Waals surface area contributed by atoms with Gasteiger partial charge < -0.3 is 20.3 Å². The van der Waals surface area contributed by atoms with Crippen molar-refractivity contribution < 1.29 is 44.6 Å². The number of nitrogens with one attached hydrogen (secondary N) is 2. The summed E-state index contributed by atoms with van der Waals surface area (Å²) in [5.41, 5.74) is 1.42. The van der Waals surface area contributed by atoms with Crippen LogP contribution in [0.2, 0.25) is 1.39 Å². The van der Waals surface area contributed by atoms with Crippen LogP contribution in [0, 0.1) is 11.8 Å². The first-order chi connectivity index (χ1) is 20.0. The molecule has 0 radical (unpaired) electrons. The Hall–Kier alpha value is -0.959. The molecule has 2 rings (SSSR count). The van der Waals surface area contributed by atoms with Gasteiger partial charge >= 0.3 is 129 Å². The van der Waals surface area contributed by atoms with E-state index < -0.39 is 59.8 Å². The van der Waals surface area contributed by atoms with Crippen LogP contribution in [0.5, 0.6) is 5.75 Å². The molecule has 42 heavy (non-hydrogen) atoms. The molecule has 0 bridgehead atoms. The summed E-state index contributed by atoms with van der Waals surface area (Å²) in [5, 5.41) is 47.2. The Morgan fingerprint density at radius 2 is 1.69 bits per heavy atom. The van der Waals surface area contributed by atoms with Crippen LogP contribution >= 0.6 is 0 Å². The zero-order chi connectivity index (χ0) is 32.9. The summed E-state index contributed by atoms with van der Waals surface area (Å²) in [7, 11) is 0. The molecule has 1 saturated heterocycles. The van der Waals surface area contributed by atoms with Gasteiger partial charge in [0.05, 0.1) is 25.4 Å². The first-order valence-electron chi connectivity index (χ1n) is 15.2. The number of benzene rings is 1. The molecule has 1 aromatic rings. The molecule has 1 aliphatic rings. The molecule has 12 heteroatoms. The molecule has 244 valence electrons. The summed E-state index contributed by atoms with van der Waals surface area (Å²) in [5.74, 6) is 1.20. The number of aliphatic hydroxyl groups excluding tert-OH is 3. The van der Waals surface area contributed by atoms with E-state index in [1.54, 1.807) is 12.1 Å². The Morgan fingerprint density at radius 1 is 1.10 bits per heavy atom. The maximum Gasteiger partial charge on any atom is 0.0799 e. The maximum absolute atomic E-state index is 11.2. The molecular formula is C30H58N2O9Sr. The van der Waals surface area contributed by atoms with Crippen LogP contribution in [0.1, 0.15) is 85.8 Å². The zero-order valence-corrected chi connectivity index (χ0v) is 30.7. The number of carbonyl (C=O) groups excluding carboxylic acids is 1. The van der Waals surface area contributed by atoms with Crippen molar-refractivity contribution >= 4 is 53.5 Å². The largest absolute Gasteiger partial charge is 0.391 e. The number of aromatic hydroxyl groups is 1.